The molecule has 148 valence electrons. The van der Waals surface area contributed by atoms with E-state index in [1.807, 2.05) is 60.0 Å². The van der Waals surface area contributed by atoms with E-state index in [9.17, 15) is 9.59 Å². The number of amides is 2. The summed E-state index contributed by atoms with van der Waals surface area (Å²) < 4.78 is 0. The van der Waals surface area contributed by atoms with Crippen LogP contribution in [0.2, 0.25) is 0 Å². The highest BCUT2D eigenvalue weighted by Gasteiger charge is 2.14. The zero-order valence-corrected chi connectivity index (χ0v) is 16.8. The molecule has 0 aliphatic rings. The van der Waals surface area contributed by atoms with Crippen molar-refractivity contribution in [1.82, 2.24) is 0 Å². The van der Waals surface area contributed by atoms with Crippen molar-refractivity contribution in [2.75, 3.05) is 16.0 Å². The number of para-hydroxylation sites is 2. The standard InChI is InChI=1S/C24H19N3O2S/c28-23(17-14-15-30-16-17)27-22-9-5-4-8-21(22)24(29)26-20-12-10-19(11-13-20)25-18-6-2-1-3-7-18/h1-16,25H,(H,26,29)(H,27,28). The SMILES string of the molecule is O=C(Nc1ccccc1C(=O)Nc1ccc(Nc2ccccc2)cc1)c1ccsc1. The van der Waals surface area contributed by atoms with Crippen molar-refractivity contribution >= 4 is 45.9 Å². The van der Waals surface area contributed by atoms with Gasteiger partial charge in [0.15, 0.2) is 0 Å². The van der Waals surface area contributed by atoms with Crippen molar-refractivity contribution in [1.29, 1.82) is 0 Å². The molecular weight excluding hydrogens is 394 g/mol. The number of benzene rings is 3. The minimum atomic E-state index is -0.292. The van der Waals surface area contributed by atoms with E-state index in [2.05, 4.69) is 16.0 Å². The fraction of sp³-hybridized carbons (Fsp3) is 0. The van der Waals surface area contributed by atoms with Crippen LogP contribution in [0.3, 0.4) is 0 Å². The first-order chi connectivity index (χ1) is 14.7. The lowest BCUT2D eigenvalue weighted by atomic mass is 10.1. The summed E-state index contributed by atoms with van der Waals surface area (Å²) in [6.45, 7) is 0. The van der Waals surface area contributed by atoms with Crippen LogP contribution >= 0.6 is 11.3 Å². The van der Waals surface area contributed by atoms with Crippen LogP contribution < -0.4 is 16.0 Å². The Kier molecular flexibility index (Phi) is 5.87. The summed E-state index contributed by atoms with van der Waals surface area (Å²) >= 11 is 1.45. The average Bonchev–Trinajstić information content (AvgIpc) is 3.31. The molecule has 4 aromatic rings. The van der Waals surface area contributed by atoms with Gasteiger partial charge in [0.1, 0.15) is 0 Å². The van der Waals surface area contributed by atoms with Crippen LogP contribution in [0.4, 0.5) is 22.7 Å². The molecule has 30 heavy (non-hydrogen) atoms. The Balaban J connectivity index is 1.44. The first-order valence-electron chi connectivity index (χ1n) is 9.35. The van der Waals surface area contributed by atoms with Gasteiger partial charge in [-0.2, -0.15) is 11.3 Å². The molecule has 0 unspecified atom stereocenters. The van der Waals surface area contributed by atoms with Crippen molar-refractivity contribution in [3.05, 3.63) is 107 Å². The van der Waals surface area contributed by atoms with Gasteiger partial charge in [-0.05, 0) is 60.0 Å². The first kappa shape index (κ1) is 19.4. The highest BCUT2D eigenvalue weighted by atomic mass is 32.1. The first-order valence-corrected chi connectivity index (χ1v) is 10.3. The third-order valence-electron chi connectivity index (χ3n) is 4.41. The molecule has 5 nitrogen and oxygen atoms in total. The molecule has 0 atom stereocenters. The highest BCUT2D eigenvalue weighted by molar-refractivity contribution is 7.08. The third kappa shape index (κ3) is 4.74. The third-order valence-corrected chi connectivity index (χ3v) is 5.09. The van der Waals surface area contributed by atoms with Crippen LogP contribution in [0, 0.1) is 0 Å². The van der Waals surface area contributed by atoms with Crippen LogP contribution in [0.1, 0.15) is 20.7 Å². The largest absolute Gasteiger partial charge is 0.356 e. The predicted molar refractivity (Wildman–Crippen MR) is 123 cm³/mol. The van der Waals surface area contributed by atoms with Gasteiger partial charge >= 0.3 is 0 Å². The van der Waals surface area contributed by atoms with Gasteiger partial charge in [-0.25, -0.2) is 0 Å². The monoisotopic (exact) mass is 413 g/mol. The zero-order chi connectivity index (χ0) is 20.8. The molecule has 0 saturated carbocycles. The highest BCUT2D eigenvalue weighted by Crippen LogP contribution is 2.21. The second-order valence-corrected chi connectivity index (χ2v) is 7.31. The molecule has 0 saturated heterocycles. The molecule has 0 aliphatic heterocycles. The van der Waals surface area contributed by atoms with Crippen molar-refractivity contribution in [3.63, 3.8) is 0 Å². The molecule has 0 spiro atoms. The van der Waals surface area contributed by atoms with Gasteiger partial charge in [-0.3, -0.25) is 9.59 Å². The second-order valence-electron chi connectivity index (χ2n) is 6.53. The molecule has 2 amide bonds. The number of hydrogen-bond donors (Lipinski definition) is 3. The normalized spacial score (nSPS) is 10.3. The predicted octanol–water partition coefficient (Wildman–Crippen LogP) is 6.00. The summed E-state index contributed by atoms with van der Waals surface area (Å²) in [4.78, 5) is 25.2. The maximum atomic E-state index is 12.8. The van der Waals surface area contributed by atoms with Gasteiger partial charge < -0.3 is 16.0 Å². The summed E-state index contributed by atoms with van der Waals surface area (Å²) in [6.07, 6.45) is 0. The smallest absolute Gasteiger partial charge is 0.257 e. The Morgan fingerprint density at radius 3 is 2.03 bits per heavy atom. The zero-order valence-electron chi connectivity index (χ0n) is 16.0. The number of anilines is 4. The minimum Gasteiger partial charge on any atom is -0.356 e. The van der Waals surface area contributed by atoms with E-state index in [0.29, 0.717) is 22.5 Å². The van der Waals surface area contributed by atoms with Gasteiger partial charge in [0.25, 0.3) is 11.8 Å². The van der Waals surface area contributed by atoms with Crippen LogP contribution in [0.25, 0.3) is 0 Å². The maximum Gasteiger partial charge on any atom is 0.257 e. The second kappa shape index (κ2) is 9.07. The van der Waals surface area contributed by atoms with Crippen LogP contribution in [-0.2, 0) is 0 Å². The molecule has 1 aromatic heterocycles. The Morgan fingerprint density at radius 2 is 1.30 bits per heavy atom. The van der Waals surface area contributed by atoms with E-state index in [1.165, 1.54) is 11.3 Å². The summed E-state index contributed by atoms with van der Waals surface area (Å²) in [5, 5.41) is 12.6. The Morgan fingerprint density at radius 1 is 0.633 bits per heavy atom. The van der Waals surface area contributed by atoms with Crippen molar-refractivity contribution in [2.45, 2.75) is 0 Å². The number of thiophene rings is 1. The Bertz CT molecular complexity index is 1140. The van der Waals surface area contributed by atoms with Crippen molar-refractivity contribution < 1.29 is 9.59 Å². The molecule has 6 heteroatoms. The van der Waals surface area contributed by atoms with E-state index in [-0.39, 0.29) is 11.8 Å². The molecule has 1 heterocycles. The lowest BCUT2D eigenvalue weighted by Gasteiger charge is -2.12. The number of carbonyl (C=O) groups is 2. The quantitative estimate of drug-likeness (QED) is 0.363. The number of hydrogen-bond acceptors (Lipinski definition) is 4. The van der Waals surface area contributed by atoms with Gasteiger partial charge in [-0.1, -0.05) is 30.3 Å². The van der Waals surface area contributed by atoms with Gasteiger partial charge in [0.2, 0.25) is 0 Å². The van der Waals surface area contributed by atoms with Gasteiger partial charge in [-0.15, -0.1) is 0 Å². The average molecular weight is 414 g/mol. The number of rotatable bonds is 6. The molecule has 0 bridgehead atoms. The molecule has 3 aromatic carbocycles. The number of carbonyl (C=O) groups excluding carboxylic acids is 2. The fourth-order valence-electron chi connectivity index (χ4n) is 2.90. The summed E-state index contributed by atoms with van der Waals surface area (Å²) in [7, 11) is 0. The van der Waals surface area contributed by atoms with E-state index in [4.69, 9.17) is 0 Å². The van der Waals surface area contributed by atoms with E-state index in [1.54, 1.807) is 35.7 Å². The van der Waals surface area contributed by atoms with Gasteiger partial charge in [0.05, 0.1) is 16.8 Å². The lowest BCUT2D eigenvalue weighted by molar-refractivity contribution is 0.102. The topological polar surface area (TPSA) is 70.2 Å². The molecule has 4 rings (SSSR count). The van der Waals surface area contributed by atoms with Gasteiger partial charge in [0, 0.05) is 22.4 Å². The minimum absolute atomic E-state index is 0.243. The number of nitrogens with one attached hydrogen (secondary N) is 3. The summed E-state index contributed by atoms with van der Waals surface area (Å²) in [5.74, 6) is -0.534. The van der Waals surface area contributed by atoms with Crippen molar-refractivity contribution in [2.24, 2.45) is 0 Å². The lowest BCUT2D eigenvalue weighted by Crippen LogP contribution is -2.17. The van der Waals surface area contributed by atoms with Crippen LogP contribution in [-0.4, -0.2) is 11.8 Å². The molecule has 3 N–H and O–H groups in total. The maximum absolute atomic E-state index is 12.8. The van der Waals surface area contributed by atoms with E-state index < -0.39 is 0 Å². The molecule has 0 aliphatic carbocycles. The van der Waals surface area contributed by atoms with E-state index in [0.717, 1.165) is 11.4 Å². The van der Waals surface area contributed by atoms with Crippen LogP contribution in [0.15, 0.2) is 95.7 Å². The molecule has 0 fully saturated rings. The van der Waals surface area contributed by atoms with E-state index >= 15 is 0 Å². The fourth-order valence-corrected chi connectivity index (χ4v) is 3.54. The summed E-state index contributed by atoms with van der Waals surface area (Å²) in [6, 6.07) is 26.0. The Labute approximate surface area is 178 Å². The Hall–Kier alpha value is -3.90. The van der Waals surface area contributed by atoms with Crippen molar-refractivity contribution in [3.8, 4) is 0 Å². The molecule has 0 radical (unpaired) electrons. The molecular formula is C24H19N3O2S. The summed E-state index contributed by atoms with van der Waals surface area (Å²) in [5.41, 5.74) is 4.00. The van der Waals surface area contributed by atoms with Crippen LogP contribution in [0.5, 0.6) is 0 Å².